The third kappa shape index (κ3) is 6.23. The molecule has 0 saturated carbocycles. The molecule has 0 aliphatic heterocycles. The van der Waals surface area contributed by atoms with Crippen molar-refractivity contribution >= 4 is 28.6 Å². The van der Waals surface area contributed by atoms with Crippen LogP contribution in [-0.2, 0) is 0 Å². The predicted octanol–water partition coefficient (Wildman–Crippen LogP) is 6.83. The van der Waals surface area contributed by atoms with Crippen LogP contribution >= 0.6 is 11.8 Å². The van der Waals surface area contributed by atoms with E-state index >= 15 is 0 Å². The van der Waals surface area contributed by atoms with Crippen LogP contribution in [-0.4, -0.2) is 35.5 Å². The Kier molecular flexibility index (Phi) is 8.77. The average molecular weight is 437 g/mol. The van der Waals surface area contributed by atoms with Crippen LogP contribution in [0.5, 0.6) is 5.75 Å². The summed E-state index contributed by atoms with van der Waals surface area (Å²) in [6.45, 7) is 8.55. The van der Waals surface area contributed by atoms with Crippen molar-refractivity contribution in [1.29, 1.82) is 0 Å². The number of nitrogens with zero attached hydrogens (tertiary/aromatic N) is 2. The van der Waals surface area contributed by atoms with Crippen LogP contribution in [0, 0.1) is 0 Å². The number of para-hydroxylation sites is 1. The molecule has 164 valence electrons. The van der Waals surface area contributed by atoms with E-state index in [1.54, 1.807) is 11.8 Å². The lowest BCUT2D eigenvalue weighted by Gasteiger charge is -2.23. The monoisotopic (exact) mass is 436 g/mol. The van der Waals surface area contributed by atoms with Crippen LogP contribution < -0.4 is 4.74 Å². The Hall–Kier alpha value is -2.53. The van der Waals surface area contributed by atoms with Crippen molar-refractivity contribution in [3.05, 3.63) is 60.2 Å². The summed E-state index contributed by atoms with van der Waals surface area (Å²) in [5.74, 6) is 0.964. The van der Waals surface area contributed by atoms with E-state index < -0.39 is 0 Å². The van der Waals surface area contributed by atoms with Gasteiger partial charge in [-0.15, -0.1) is 0 Å². The van der Waals surface area contributed by atoms with Crippen molar-refractivity contribution in [2.24, 2.45) is 0 Å². The molecule has 1 heterocycles. The van der Waals surface area contributed by atoms with Crippen LogP contribution in [0.3, 0.4) is 0 Å². The highest BCUT2D eigenvalue weighted by molar-refractivity contribution is 7.99. The van der Waals surface area contributed by atoms with Crippen molar-refractivity contribution in [2.45, 2.75) is 56.4 Å². The maximum absolute atomic E-state index is 13.6. The van der Waals surface area contributed by atoms with Crippen molar-refractivity contribution in [3.63, 3.8) is 0 Å². The predicted molar refractivity (Wildman–Crippen MR) is 129 cm³/mol. The summed E-state index contributed by atoms with van der Waals surface area (Å²) < 4.78 is 5.53. The summed E-state index contributed by atoms with van der Waals surface area (Å²) in [6, 6.07) is 17.9. The molecule has 0 aliphatic carbocycles. The molecule has 0 fully saturated rings. The number of aromatic nitrogens is 1. The molecule has 3 aromatic rings. The molecule has 0 radical (unpaired) electrons. The van der Waals surface area contributed by atoms with Gasteiger partial charge in [0, 0.05) is 23.4 Å². The highest BCUT2D eigenvalue weighted by atomic mass is 32.2. The van der Waals surface area contributed by atoms with E-state index in [0.29, 0.717) is 6.61 Å². The van der Waals surface area contributed by atoms with Gasteiger partial charge in [-0.05, 0) is 56.2 Å². The number of carbonyl (C=O) groups excluding carboxylic acids is 1. The number of carbonyl (C=O) groups is 1. The lowest BCUT2D eigenvalue weighted by atomic mass is 10.1. The van der Waals surface area contributed by atoms with Gasteiger partial charge in [-0.25, -0.2) is 4.98 Å². The van der Waals surface area contributed by atoms with Crippen LogP contribution in [0.15, 0.2) is 64.5 Å². The van der Waals surface area contributed by atoms with Crippen molar-refractivity contribution in [2.75, 3.05) is 19.7 Å². The van der Waals surface area contributed by atoms with Gasteiger partial charge in [0.2, 0.25) is 0 Å². The van der Waals surface area contributed by atoms with Gasteiger partial charge >= 0.3 is 0 Å². The van der Waals surface area contributed by atoms with Gasteiger partial charge in [-0.1, -0.05) is 56.7 Å². The molecule has 1 amide bonds. The third-order valence-electron chi connectivity index (χ3n) is 5.13. The molecular formula is C26H32N2O2S. The maximum Gasteiger partial charge on any atom is 0.254 e. The Morgan fingerprint density at radius 1 is 0.968 bits per heavy atom. The highest BCUT2D eigenvalue weighted by Gasteiger charge is 2.19. The average Bonchev–Trinajstić information content (AvgIpc) is 2.80. The van der Waals surface area contributed by atoms with Crippen LogP contribution in [0.25, 0.3) is 10.9 Å². The molecule has 0 atom stereocenters. The number of benzene rings is 2. The zero-order valence-electron chi connectivity index (χ0n) is 18.8. The van der Waals surface area contributed by atoms with Gasteiger partial charge in [-0.2, -0.15) is 0 Å². The summed E-state index contributed by atoms with van der Waals surface area (Å²) >= 11 is 1.57. The van der Waals surface area contributed by atoms with E-state index in [1.165, 1.54) is 0 Å². The lowest BCUT2D eigenvalue weighted by Crippen LogP contribution is -2.33. The summed E-state index contributed by atoms with van der Waals surface area (Å²) in [5.41, 5.74) is 1.60. The van der Waals surface area contributed by atoms with Crippen LogP contribution in [0.4, 0.5) is 0 Å². The van der Waals surface area contributed by atoms with Crippen LogP contribution in [0.1, 0.15) is 56.8 Å². The first kappa shape index (κ1) is 23.1. The minimum atomic E-state index is 0.106. The largest absolute Gasteiger partial charge is 0.494 e. The van der Waals surface area contributed by atoms with Gasteiger partial charge in [0.1, 0.15) is 10.8 Å². The van der Waals surface area contributed by atoms with E-state index in [9.17, 15) is 4.79 Å². The number of hydrogen-bond acceptors (Lipinski definition) is 4. The fourth-order valence-corrected chi connectivity index (χ4v) is 4.29. The van der Waals surface area contributed by atoms with E-state index in [4.69, 9.17) is 9.72 Å². The van der Waals surface area contributed by atoms with E-state index in [2.05, 4.69) is 13.8 Å². The minimum Gasteiger partial charge on any atom is -0.494 e. The van der Waals surface area contributed by atoms with Gasteiger partial charge in [0.25, 0.3) is 5.91 Å². The molecule has 0 unspecified atom stereocenters. The highest BCUT2D eigenvalue weighted by Crippen LogP contribution is 2.31. The van der Waals surface area contributed by atoms with E-state index in [0.717, 1.165) is 70.9 Å². The van der Waals surface area contributed by atoms with E-state index in [-0.39, 0.29) is 5.91 Å². The number of rotatable bonds is 11. The Balaban J connectivity index is 1.93. The second kappa shape index (κ2) is 11.8. The standard InChI is InChI=1S/C26H32N2O2S/c1-4-7-17-28(18-8-5-2)26(29)23-19-25(27-24-12-10-9-11-22(23)24)31-21-15-13-20(14-16-21)30-6-3/h9-16,19H,4-8,17-18H2,1-3H3. The Labute approximate surface area is 190 Å². The normalized spacial score (nSPS) is 10.9. The van der Waals surface area contributed by atoms with Crippen LogP contribution in [0.2, 0.25) is 0 Å². The topological polar surface area (TPSA) is 42.4 Å². The fourth-order valence-electron chi connectivity index (χ4n) is 3.45. The zero-order chi connectivity index (χ0) is 22.1. The molecule has 4 nitrogen and oxygen atoms in total. The fraction of sp³-hybridized carbons (Fsp3) is 0.385. The second-order valence-corrected chi connectivity index (χ2v) is 8.62. The van der Waals surface area contributed by atoms with Crippen molar-refractivity contribution in [1.82, 2.24) is 9.88 Å². The molecule has 2 aromatic carbocycles. The maximum atomic E-state index is 13.6. The molecule has 3 rings (SSSR count). The van der Waals surface area contributed by atoms with Gasteiger partial charge in [0.15, 0.2) is 0 Å². The summed E-state index contributed by atoms with van der Waals surface area (Å²) in [4.78, 5) is 21.5. The molecule has 0 saturated heterocycles. The van der Waals surface area contributed by atoms with Crippen molar-refractivity contribution in [3.8, 4) is 5.75 Å². The summed E-state index contributed by atoms with van der Waals surface area (Å²) in [7, 11) is 0. The number of fused-ring (bicyclic) bond motifs is 1. The Morgan fingerprint density at radius 2 is 1.65 bits per heavy atom. The SMILES string of the molecule is CCCCN(CCCC)C(=O)c1cc(Sc2ccc(OCC)cc2)nc2ccccc12. The number of unbranched alkanes of at least 4 members (excludes halogenated alkanes) is 2. The Bertz CT molecular complexity index is 980. The minimum absolute atomic E-state index is 0.106. The first-order valence-electron chi connectivity index (χ1n) is 11.3. The van der Waals surface area contributed by atoms with E-state index in [1.807, 2.05) is 66.4 Å². The van der Waals surface area contributed by atoms with Gasteiger partial charge < -0.3 is 9.64 Å². The second-order valence-electron chi connectivity index (χ2n) is 7.53. The zero-order valence-corrected chi connectivity index (χ0v) is 19.6. The first-order valence-corrected chi connectivity index (χ1v) is 12.1. The molecule has 0 N–H and O–H groups in total. The number of ether oxygens (including phenoxy) is 1. The van der Waals surface area contributed by atoms with Crippen molar-refractivity contribution < 1.29 is 9.53 Å². The summed E-state index contributed by atoms with van der Waals surface area (Å²) in [6.07, 6.45) is 4.19. The molecule has 0 aliphatic rings. The third-order valence-corrected chi connectivity index (χ3v) is 6.06. The smallest absolute Gasteiger partial charge is 0.254 e. The first-order chi connectivity index (χ1) is 15.2. The molecular weight excluding hydrogens is 404 g/mol. The number of hydrogen-bond donors (Lipinski definition) is 0. The molecule has 5 heteroatoms. The number of amides is 1. The molecule has 1 aromatic heterocycles. The lowest BCUT2D eigenvalue weighted by molar-refractivity contribution is 0.0752. The molecule has 0 spiro atoms. The van der Waals surface area contributed by atoms with Gasteiger partial charge in [0.05, 0.1) is 17.7 Å². The molecule has 31 heavy (non-hydrogen) atoms. The van der Waals surface area contributed by atoms with Gasteiger partial charge in [-0.3, -0.25) is 4.79 Å². The molecule has 0 bridgehead atoms. The Morgan fingerprint density at radius 3 is 2.29 bits per heavy atom. The summed E-state index contributed by atoms with van der Waals surface area (Å²) in [5, 5.41) is 1.75. The number of pyridine rings is 1. The quantitative estimate of drug-likeness (QED) is 0.330.